The van der Waals surface area contributed by atoms with Gasteiger partial charge in [0, 0.05) is 0 Å². The molecule has 0 N–H and O–H groups in total. The molecular formula is C15H10Br2OS. The van der Waals surface area contributed by atoms with Gasteiger partial charge in [-0.15, -0.1) is 11.3 Å². The number of furan rings is 1. The van der Waals surface area contributed by atoms with Gasteiger partial charge in [0.05, 0.1) is 25.0 Å². The molecule has 4 heteroatoms. The van der Waals surface area contributed by atoms with Crippen molar-refractivity contribution in [3.05, 3.63) is 57.2 Å². The minimum Gasteiger partial charge on any atom is -0.463 e. The predicted octanol–water partition coefficient (Wildman–Crippen LogP) is 6.51. The van der Waals surface area contributed by atoms with Crippen molar-refractivity contribution in [3.63, 3.8) is 0 Å². The Labute approximate surface area is 132 Å². The van der Waals surface area contributed by atoms with Crippen molar-refractivity contribution in [2.45, 2.75) is 6.92 Å². The third-order valence-corrected chi connectivity index (χ3v) is 6.75. The van der Waals surface area contributed by atoms with Crippen LogP contribution in [0.1, 0.15) is 5.56 Å². The second-order valence-electron chi connectivity index (χ2n) is 4.23. The van der Waals surface area contributed by atoms with E-state index >= 15 is 0 Å². The van der Waals surface area contributed by atoms with Crippen LogP contribution in [0.5, 0.6) is 0 Å². The first kappa shape index (κ1) is 13.2. The topological polar surface area (TPSA) is 13.1 Å². The Morgan fingerprint density at radius 1 is 0.947 bits per heavy atom. The zero-order valence-electron chi connectivity index (χ0n) is 10.1. The summed E-state index contributed by atoms with van der Waals surface area (Å²) in [6, 6.07) is 12.4. The highest BCUT2D eigenvalue weighted by atomic mass is 79.9. The Hall–Kier alpha value is -0.840. The minimum absolute atomic E-state index is 0.885. The molecule has 1 aromatic carbocycles. The van der Waals surface area contributed by atoms with Gasteiger partial charge in [-0.3, -0.25) is 0 Å². The Kier molecular flexibility index (Phi) is 3.65. The SMILES string of the molecule is Cc1ccc(-c2sc(-c3ccco3)c(Br)c2Br)cc1. The maximum atomic E-state index is 5.48. The van der Waals surface area contributed by atoms with E-state index in [1.165, 1.54) is 16.0 Å². The van der Waals surface area contributed by atoms with Gasteiger partial charge in [-0.1, -0.05) is 29.8 Å². The van der Waals surface area contributed by atoms with Gasteiger partial charge in [0.1, 0.15) is 5.76 Å². The Balaban J connectivity index is 2.13. The molecule has 0 spiro atoms. The van der Waals surface area contributed by atoms with Crippen LogP contribution in [-0.2, 0) is 0 Å². The summed E-state index contributed by atoms with van der Waals surface area (Å²) in [4.78, 5) is 2.31. The highest BCUT2D eigenvalue weighted by Gasteiger charge is 2.18. The van der Waals surface area contributed by atoms with Crippen LogP contribution in [0.4, 0.5) is 0 Å². The summed E-state index contributed by atoms with van der Waals surface area (Å²) < 4.78 is 7.60. The first-order valence-electron chi connectivity index (χ1n) is 5.75. The number of hydrogen-bond donors (Lipinski definition) is 0. The number of halogens is 2. The van der Waals surface area contributed by atoms with E-state index in [4.69, 9.17) is 4.42 Å². The minimum atomic E-state index is 0.885. The van der Waals surface area contributed by atoms with Gasteiger partial charge in [-0.2, -0.15) is 0 Å². The number of rotatable bonds is 2. The summed E-state index contributed by atoms with van der Waals surface area (Å²) in [5.74, 6) is 0.885. The van der Waals surface area contributed by atoms with Gasteiger partial charge in [0.2, 0.25) is 0 Å². The van der Waals surface area contributed by atoms with Gasteiger partial charge in [-0.25, -0.2) is 0 Å². The fourth-order valence-electron chi connectivity index (χ4n) is 1.85. The lowest BCUT2D eigenvalue weighted by atomic mass is 10.1. The molecular weight excluding hydrogens is 388 g/mol. The molecule has 3 aromatic rings. The molecule has 3 rings (SSSR count). The molecule has 0 saturated carbocycles. The van der Waals surface area contributed by atoms with Crippen molar-refractivity contribution in [2.24, 2.45) is 0 Å². The van der Waals surface area contributed by atoms with E-state index in [0.717, 1.165) is 19.6 Å². The Bertz CT molecular complexity index is 697. The number of aryl methyl sites for hydroxylation is 1. The summed E-state index contributed by atoms with van der Waals surface area (Å²) in [6.07, 6.45) is 1.70. The maximum absolute atomic E-state index is 5.48. The van der Waals surface area contributed by atoms with E-state index in [1.54, 1.807) is 17.6 Å². The molecule has 2 heterocycles. The molecule has 0 unspecified atom stereocenters. The molecule has 96 valence electrons. The molecule has 0 fully saturated rings. The van der Waals surface area contributed by atoms with Crippen molar-refractivity contribution >= 4 is 43.2 Å². The second kappa shape index (κ2) is 5.27. The fourth-order valence-corrected chi connectivity index (χ4v) is 4.47. The Morgan fingerprint density at radius 2 is 1.63 bits per heavy atom. The molecule has 1 nitrogen and oxygen atoms in total. The molecule has 0 aliphatic carbocycles. The summed E-state index contributed by atoms with van der Waals surface area (Å²) in [5, 5.41) is 0. The van der Waals surface area contributed by atoms with Crippen LogP contribution in [-0.4, -0.2) is 0 Å². The van der Waals surface area contributed by atoms with E-state index < -0.39 is 0 Å². The van der Waals surface area contributed by atoms with E-state index in [1.807, 2.05) is 12.1 Å². The van der Waals surface area contributed by atoms with Crippen LogP contribution in [0.25, 0.3) is 21.1 Å². The van der Waals surface area contributed by atoms with E-state index in [9.17, 15) is 0 Å². The molecule has 0 saturated heterocycles. The molecule has 0 atom stereocenters. The van der Waals surface area contributed by atoms with Gasteiger partial charge in [-0.05, 0) is 56.5 Å². The van der Waals surface area contributed by atoms with Crippen molar-refractivity contribution < 1.29 is 4.42 Å². The second-order valence-corrected chi connectivity index (χ2v) is 6.84. The summed E-state index contributed by atoms with van der Waals surface area (Å²) in [7, 11) is 0. The molecule has 19 heavy (non-hydrogen) atoms. The van der Waals surface area contributed by atoms with Gasteiger partial charge in [0.15, 0.2) is 0 Å². The summed E-state index contributed by atoms with van der Waals surface area (Å²) in [5.41, 5.74) is 2.47. The number of benzene rings is 1. The fraction of sp³-hybridized carbons (Fsp3) is 0.0667. The zero-order chi connectivity index (χ0) is 13.4. The average molecular weight is 398 g/mol. The zero-order valence-corrected chi connectivity index (χ0v) is 14.1. The molecule has 0 bridgehead atoms. The largest absolute Gasteiger partial charge is 0.463 e. The highest BCUT2D eigenvalue weighted by molar-refractivity contribution is 9.13. The van der Waals surface area contributed by atoms with E-state index in [-0.39, 0.29) is 0 Å². The van der Waals surface area contributed by atoms with Crippen LogP contribution in [0, 0.1) is 6.92 Å². The van der Waals surface area contributed by atoms with Crippen molar-refractivity contribution in [3.8, 4) is 21.1 Å². The lowest BCUT2D eigenvalue weighted by molar-refractivity contribution is 0.583. The van der Waals surface area contributed by atoms with Crippen molar-refractivity contribution in [2.75, 3.05) is 0 Å². The third kappa shape index (κ3) is 2.45. The number of thiophene rings is 1. The monoisotopic (exact) mass is 396 g/mol. The smallest absolute Gasteiger partial charge is 0.145 e. The van der Waals surface area contributed by atoms with Gasteiger partial charge < -0.3 is 4.42 Å². The Morgan fingerprint density at radius 3 is 2.26 bits per heavy atom. The van der Waals surface area contributed by atoms with E-state index in [0.29, 0.717) is 0 Å². The average Bonchev–Trinajstić information content (AvgIpc) is 3.02. The van der Waals surface area contributed by atoms with E-state index in [2.05, 4.69) is 63.0 Å². The number of hydrogen-bond acceptors (Lipinski definition) is 2. The highest BCUT2D eigenvalue weighted by Crippen LogP contribution is 2.48. The summed E-state index contributed by atoms with van der Waals surface area (Å²) >= 11 is 9.02. The molecule has 0 aliphatic rings. The first-order valence-corrected chi connectivity index (χ1v) is 8.16. The van der Waals surface area contributed by atoms with Crippen molar-refractivity contribution in [1.82, 2.24) is 0 Å². The predicted molar refractivity (Wildman–Crippen MR) is 87.6 cm³/mol. The standard InChI is InChI=1S/C15H10Br2OS/c1-9-4-6-10(7-5-9)14-12(16)13(17)15(19-14)11-3-2-8-18-11/h2-8H,1H3. The third-order valence-electron chi connectivity index (χ3n) is 2.85. The van der Waals surface area contributed by atoms with Gasteiger partial charge >= 0.3 is 0 Å². The maximum Gasteiger partial charge on any atom is 0.145 e. The summed E-state index contributed by atoms with van der Waals surface area (Å²) in [6.45, 7) is 2.09. The molecule has 0 radical (unpaired) electrons. The molecule has 0 amide bonds. The van der Waals surface area contributed by atoms with Crippen LogP contribution in [0.3, 0.4) is 0 Å². The van der Waals surface area contributed by atoms with Crippen LogP contribution in [0.15, 0.2) is 56.0 Å². The van der Waals surface area contributed by atoms with Crippen LogP contribution >= 0.6 is 43.2 Å². The van der Waals surface area contributed by atoms with Crippen LogP contribution in [0.2, 0.25) is 0 Å². The first-order chi connectivity index (χ1) is 9.16. The quantitative estimate of drug-likeness (QED) is 0.480. The molecule has 2 aromatic heterocycles. The van der Waals surface area contributed by atoms with Gasteiger partial charge in [0.25, 0.3) is 0 Å². The lowest BCUT2D eigenvalue weighted by Crippen LogP contribution is -1.74. The van der Waals surface area contributed by atoms with Crippen LogP contribution < -0.4 is 0 Å². The normalized spacial score (nSPS) is 10.9. The lowest BCUT2D eigenvalue weighted by Gasteiger charge is -1.99. The van der Waals surface area contributed by atoms with Crippen molar-refractivity contribution in [1.29, 1.82) is 0 Å². The molecule has 0 aliphatic heterocycles.